The Morgan fingerprint density at radius 3 is 2.92 bits per heavy atom. The Balaban J connectivity index is 3.01. The molecule has 1 aliphatic carbocycles. The molecule has 0 aromatic heterocycles. The van der Waals surface area contributed by atoms with Gasteiger partial charge in [-0.1, -0.05) is 17.7 Å². The second-order valence-corrected chi connectivity index (χ2v) is 3.30. The number of likely N-dealkylation sites (N-methyl/N-ethyl adjacent to an activating group) is 1. The lowest BCUT2D eigenvalue weighted by atomic mass is 9.89. The third-order valence-corrected chi connectivity index (χ3v) is 2.30. The molecule has 0 radical (unpaired) electrons. The number of carbonyl (C=O) groups is 1. The predicted octanol–water partition coefficient (Wildman–Crippen LogP) is -1.08. The van der Waals surface area contributed by atoms with E-state index in [4.69, 9.17) is 17.3 Å². The van der Waals surface area contributed by atoms with Gasteiger partial charge in [0.05, 0.1) is 17.6 Å². The van der Waals surface area contributed by atoms with E-state index in [-0.39, 0.29) is 0 Å². The molecule has 0 aromatic rings. The monoisotopic (exact) mass is 201 g/mol. The first-order valence-electron chi connectivity index (χ1n) is 3.75. The molecule has 0 amide bonds. The van der Waals surface area contributed by atoms with Gasteiger partial charge in [-0.25, -0.2) is 0 Å². The van der Waals surface area contributed by atoms with E-state index >= 15 is 0 Å². The van der Waals surface area contributed by atoms with Crippen molar-refractivity contribution in [3.05, 3.63) is 23.3 Å². The number of halogens is 1. The zero-order valence-electron chi connectivity index (χ0n) is 7.08. The third kappa shape index (κ3) is 1.91. The van der Waals surface area contributed by atoms with E-state index in [0.29, 0.717) is 5.03 Å². The van der Waals surface area contributed by atoms with Crippen molar-refractivity contribution in [1.82, 2.24) is 5.32 Å². The average Bonchev–Trinajstić information content (AvgIpc) is 2.09. The van der Waals surface area contributed by atoms with Gasteiger partial charge >= 0.3 is 0 Å². The van der Waals surface area contributed by atoms with Crippen molar-refractivity contribution in [2.24, 2.45) is 11.7 Å². The molecule has 0 fully saturated rings. The average molecular weight is 202 g/mol. The molecule has 1 aliphatic rings. The summed E-state index contributed by atoms with van der Waals surface area (Å²) in [7, 11) is 1.58. The summed E-state index contributed by atoms with van der Waals surface area (Å²) in [5.74, 6) is -2.20. The number of nitrogens with one attached hydrogen (secondary N) is 1. The first kappa shape index (κ1) is 10.2. The van der Waals surface area contributed by atoms with Crippen molar-refractivity contribution in [3.8, 4) is 0 Å². The topological polar surface area (TPSA) is 78.2 Å². The summed E-state index contributed by atoms with van der Waals surface area (Å²) in [5, 5.41) is 13.8. The molecular formula is C8H10ClN2O2-. The highest BCUT2D eigenvalue weighted by Crippen LogP contribution is 2.24. The van der Waals surface area contributed by atoms with Gasteiger partial charge in [0.25, 0.3) is 0 Å². The fourth-order valence-corrected chi connectivity index (χ4v) is 1.36. The van der Waals surface area contributed by atoms with Gasteiger partial charge in [-0.2, -0.15) is 0 Å². The van der Waals surface area contributed by atoms with Crippen LogP contribution in [0, 0.1) is 5.92 Å². The van der Waals surface area contributed by atoms with E-state index in [0.717, 1.165) is 0 Å². The lowest BCUT2D eigenvalue weighted by molar-refractivity contribution is -0.311. The van der Waals surface area contributed by atoms with E-state index in [1.807, 2.05) is 0 Å². The molecule has 0 aromatic carbocycles. The summed E-state index contributed by atoms with van der Waals surface area (Å²) in [4.78, 5) is 10.7. The highest BCUT2D eigenvalue weighted by molar-refractivity contribution is 6.31. The van der Waals surface area contributed by atoms with Gasteiger partial charge < -0.3 is 15.6 Å². The molecular weight excluding hydrogens is 192 g/mol. The number of carbonyl (C=O) groups excluding carboxylic acids is 1. The van der Waals surface area contributed by atoms with Crippen LogP contribution in [0.25, 0.3) is 0 Å². The maximum atomic E-state index is 10.7. The zero-order chi connectivity index (χ0) is 10.1. The van der Waals surface area contributed by atoms with Crippen molar-refractivity contribution in [2.75, 3.05) is 7.05 Å². The van der Waals surface area contributed by atoms with E-state index in [1.54, 1.807) is 13.1 Å². The number of carboxylic acid groups (broad SMARTS) is 1. The molecule has 0 aliphatic heterocycles. The van der Waals surface area contributed by atoms with Gasteiger partial charge in [0.2, 0.25) is 0 Å². The summed E-state index contributed by atoms with van der Waals surface area (Å²) >= 11 is 5.64. The van der Waals surface area contributed by atoms with Gasteiger partial charge in [-0.15, -0.1) is 0 Å². The van der Waals surface area contributed by atoms with Crippen LogP contribution in [0.3, 0.4) is 0 Å². The molecule has 0 bridgehead atoms. The van der Waals surface area contributed by atoms with Gasteiger partial charge in [0.1, 0.15) is 0 Å². The quantitative estimate of drug-likeness (QED) is 0.557. The molecule has 0 spiro atoms. The van der Waals surface area contributed by atoms with E-state index < -0.39 is 17.6 Å². The number of nitrogens with two attached hydrogens (primary N) is 1. The van der Waals surface area contributed by atoms with Crippen LogP contribution < -0.4 is 16.2 Å². The molecule has 2 atom stereocenters. The fourth-order valence-electron chi connectivity index (χ4n) is 1.18. The minimum atomic E-state index is -1.25. The van der Waals surface area contributed by atoms with Gasteiger partial charge in [-0.3, -0.25) is 5.32 Å². The maximum absolute atomic E-state index is 10.7. The van der Waals surface area contributed by atoms with E-state index in [9.17, 15) is 9.90 Å². The molecule has 72 valence electrons. The predicted molar refractivity (Wildman–Crippen MR) is 47.6 cm³/mol. The number of hydrogen-bond donors (Lipinski definition) is 2. The Labute approximate surface area is 81.1 Å². The number of allylic oxidation sites excluding steroid dienone is 2. The van der Waals surface area contributed by atoms with Gasteiger partial charge in [0.15, 0.2) is 0 Å². The van der Waals surface area contributed by atoms with Crippen molar-refractivity contribution in [3.63, 3.8) is 0 Å². The number of hydrogen-bond acceptors (Lipinski definition) is 4. The third-order valence-electron chi connectivity index (χ3n) is 2.05. The van der Waals surface area contributed by atoms with Crippen LogP contribution in [0.15, 0.2) is 23.3 Å². The summed E-state index contributed by atoms with van der Waals surface area (Å²) < 4.78 is 0. The molecule has 5 heteroatoms. The number of carboxylic acids is 1. The lowest BCUT2D eigenvalue weighted by Crippen LogP contribution is -2.60. The summed E-state index contributed by atoms with van der Waals surface area (Å²) in [6.07, 6.45) is 4.42. The summed E-state index contributed by atoms with van der Waals surface area (Å²) in [6.45, 7) is 0. The smallest absolute Gasteiger partial charge is 0.0973 e. The van der Waals surface area contributed by atoms with Gasteiger partial charge in [-0.05, 0) is 19.2 Å². The van der Waals surface area contributed by atoms with Crippen molar-refractivity contribution in [1.29, 1.82) is 0 Å². The highest BCUT2D eigenvalue weighted by atomic mass is 35.5. The summed E-state index contributed by atoms with van der Waals surface area (Å²) in [6, 6.07) is 0. The number of rotatable bonds is 2. The van der Waals surface area contributed by atoms with Crippen LogP contribution in [0.1, 0.15) is 0 Å². The van der Waals surface area contributed by atoms with Crippen molar-refractivity contribution in [2.45, 2.75) is 5.66 Å². The normalized spacial score (nSPS) is 32.8. The number of aliphatic carboxylic acids is 1. The Kier molecular flexibility index (Phi) is 2.75. The van der Waals surface area contributed by atoms with Crippen LogP contribution in [0.4, 0.5) is 0 Å². The zero-order valence-corrected chi connectivity index (χ0v) is 7.84. The lowest BCUT2D eigenvalue weighted by Gasteiger charge is -2.35. The Morgan fingerprint density at radius 2 is 2.46 bits per heavy atom. The molecule has 3 N–H and O–H groups in total. The molecule has 0 heterocycles. The Hall–Kier alpha value is -0.840. The molecule has 2 unspecified atom stereocenters. The van der Waals surface area contributed by atoms with Crippen molar-refractivity contribution < 1.29 is 9.90 Å². The standard InChI is InChI=1S/C8H11ClN2O2/c1-11-8(10)3-2-5(9)4-6(8)7(12)13/h2-4,6,11H,10H2,1H3,(H,12,13)/p-1. The second kappa shape index (κ2) is 3.49. The van der Waals surface area contributed by atoms with Crippen LogP contribution in [0.2, 0.25) is 0 Å². The molecule has 13 heavy (non-hydrogen) atoms. The van der Waals surface area contributed by atoms with E-state index in [1.165, 1.54) is 12.2 Å². The Morgan fingerprint density at radius 1 is 1.85 bits per heavy atom. The molecule has 4 nitrogen and oxygen atoms in total. The highest BCUT2D eigenvalue weighted by Gasteiger charge is 2.32. The maximum Gasteiger partial charge on any atom is 0.0973 e. The van der Waals surface area contributed by atoms with Crippen LogP contribution >= 0.6 is 11.6 Å². The molecule has 1 rings (SSSR count). The SMILES string of the molecule is CNC1(N)C=CC(Cl)=CC1C(=O)[O-]. The summed E-state index contributed by atoms with van der Waals surface area (Å²) in [5.41, 5.74) is 4.63. The second-order valence-electron chi connectivity index (χ2n) is 2.86. The van der Waals surface area contributed by atoms with Crippen LogP contribution in [0.5, 0.6) is 0 Å². The Bertz CT molecular complexity index is 288. The minimum Gasteiger partial charge on any atom is -0.549 e. The van der Waals surface area contributed by atoms with Gasteiger partial charge in [0, 0.05) is 5.03 Å². The van der Waals surface area contributed by atoms with Crippen molar-refractivity contribution >= 4 is 17.6 Å². The van der Waals surface area contributed by atoms with Crippen LogP contribution in [-0.4, -0.2) is 18.7 Å². The fraction of sp³-hybridized carbons (Fsp3) is 0.375. The first-order valence-corrected chi connectivity index (χ1v) is 4.12. The van der Waals surface area contributed by atoms with E-state index in [2.05, 4.69) is 5.32 Å². The minimum absolute atomic E-state index is 0.352. The molecule has 0 saturated heterocycles. The molecule has 0 saturated carbocycles. The van der Waals surface area contributed by atoms with Crippen LogP contribution in [-0.2, 0) is 4.79 Å². The first-order chi connectivity index (χ1) is 5.99. The largest absolute Gasteiger partial charge is 0.549 e.